The van der Waals surface area contributed by atoms with Gasteiger partial charge in [0.1, 0.15) is 0 Å². The number of anilines is 1. The minimum atomic E-state index is 0.424. The summed E-state index contributed by atoms with van der Waals surface area (Å²) in [5.41, 5.74) is 6.15. The van der Waals surface area contributed by atoms with Crippen molar-refractivity contribution in [2.24, 2.45) is 5.73 Å². The molecule has 0 spiro atoms. The predicted molar refractivity (Wildman–Crippen MR) is 67.9 cm³/mol. The lowest BCUT2D eigenvalue weighted by molar-refractivity contribution is 0.418. The number of likely N-dealkylation sites (tertiary alicyclic amines) is 1. The number of nitrogens with two attached hydrogens (primary N) is 1. The lowest BCUT2D eigenvalue weighted by atomic mass is 10.4. The highest BCUT2D eigenvalue weighted by Gasteiger charge is 2.03. The van der Waals surface area contributed by atoms with E-state index in [1.54, 1.807) is 12.4 Å². The minimum Gasteiger partial charge on any atom is -0.386 e. The van der Waals surface area contributed by atoms with Crippen molar-refractivity contribution in [3.8, 4) is 0 Å². The van der Waals surface area contributed by atoms with E-state index in [1.165, 1.54) is 25.9 Å². The molecule has 1 saturated heterocycles. The molecule has 16 heavy (non-hydrogen) atoms. The molecule has 1 aromatic rings. The maximum absolute atomic E-state index is 5.29. The van der Waals surface area contributed by atoms with Crippen molar-refractivity contribution >= 4 is 5.69 Å². The van der Waals surface area contributed by atoms with Gasteiger partial charge in [0, 0.05) is 6.20 Å². The standard InChI is InChI=1S/C7H9N3.C5H11N/c1-6(8)10-7-3-2-4-9-5-7;1-6-4-2-3-5-6/h2-5,10H,1,8H2;2-5H2,1H3. The highest BCUT2D eigenvalue weighted by molar-refractivity contribution is 5.44. The predicted octanol–water partition coefficient (Wildman–Crippen LogP) is 1.64. The topological polar surface area (TPSA) is 54.2 Å². The second kappa shape index (κ2) is 6.85. The Morgan fingerprint density at radius 1 is 1.50 bits per heavy atom. The van der Waals surface area contributed by atoms with Crippen LogP contribution in [0.25, 0.3) is 0 Å². The average Bonchev–Trinajstić information content (AvgIpc) is 2.71. The van der Waals surface area contributed by atoms with Gasteiger partial charge in [0.2, 0.25) is 0 Å². The van der Waals surface area contributed by atoms with Crippen LogP contribution in [-0.2, 0) is 0 Å². The number of hydrogen-bond acceptors (Lipinski definition) is 4. The van der Waals surface area contributed by atoms with E-state index in [0.29, 0.717) is 5.82 Å². The maximum atomic E-state index is 5.29. The largest absolute Gasteiger partial charge is 0.386 e. The van der Waals surface area contributed by atoms with Crippen LogP contribution < -0.4 is 11.1 Å². The summed E-state index contributed by atoms with van der Waals surface area (Å²) < 4.78 is 0. The summed E-state index contributed by atoms with van der Waals surface area (Å²) in [5.74, 6) is 0.424. The van der Waals surface area contributed by atoms with E-state index in [-0.39, 0.29) is 0 Å². The molecular weight excluding hydrogens is 200 g/mol. The molecule has 2 rings (SSSR count). The van der Waals surface area contributed by atoms with Crippen LogP contribution >= 0.6 is 0 Å². The number of nitrogens with one attached hydrogen (secondary N) is 1. The number of aromatic nitrogens is 1. The monoisotopic (exact) mass is 220 g/mol. The number of nitrogens with zero attached hydrogens (tertiary/aromatic N) is 2. The molecule has 1 aliphatic heterocycles. The summed E-state index contributed by atoms with van der Waals surface area (Å²) in [6.45, 7) is 6.13. The van der Waals surface area contributed by atoms with Crippen molar-refractivity contribution in [2.45, 2.75) is 12.8 Å². The highest BCUT2D eigenvalue weighted by atomic mass is 15.1. The SMILES string of the molecule is C=C(N)Nc1cccnc1.CN1CCCC1. The van der Waals surface area contributed by atoms with Crippen LogP contribution in [0.1, 0.15) is 12.8 Å². The Hall–Kier alpha value is -1.55. The zero-order chi connectivity index (χ0) is 11.8. The third-order valence-corrected chi connectivity index (χ3v) is 2.30. The van der Waals surface area contributed by atoms with Crippen LogP contribution in [-0.4, -0.2) is 30.0 Å². The average molecular weight is 220 g/mol. The zero-order valence-electron chi connectivity index (χ0n) is 9.82. The third-order valence-electron chi connectivity index (χ3n) is 2.30. The summed E-state index contributed by atoms with van der Waals surface area (Å²) in [5, 5.41) is 2.83. The Morgan fingerprint density at radius 3 is 2.56 bits per heavy atom. The van der Waals surface area contributed by atoms with Gasteiger partial charge in [-0.3, -0.25) is 4.98 Å². The van der Waals surface area contributed by atoms with Gasteiger partial charge in [-0.05, 0) is 45.1 Å². The van der Waals surface area contributed by atoms with E-state index in [0.717, 1.165) is 5.69 Å². The van der Waals surface area contributed by atoms with Gasteiger partial charge in [0.25, 0.3) is 0 Å². The first-order valence-electron chi connectivity index (χ1n) is 5.48. The van der Waals surface area contributed by atoms with Crippen LogP contribution in [0.4, 0.5) is 5.69 Å². The fourth-order valence-corrected chi connectivity index (χ4v) is 1.50. The Kier molecular flexibility index (Phi) is 5.36. The normalized spacial score (nSPS) is 15.1. The first-order chi connectivity index (χ1) is 7.68. The van der Waals surface area contributed by atoms with Crippen molar-refractivity contribution in [1.29, 1.82) is 0 Å². The molecule has 1 aromatic heterocycles. The van der Waals surface area contributed by atoms with E-state index in [2.05, 4.69) is 28.8 Å². The molecule has 4 heteroatoms. The summed E-state index contributed by atoms with van der Waals surface area (Å²) in [7, 11) is 2.17. The second-order valence-electron chi connectivity index (χ2n) is 3.90. The Bertz CT molecular complexity index is 304. The van der Waals surface area contributed by atoms with Crippen LogP contribution in [0.3, 0.4) is 0 Å². The minimum absolute atomic E-state index is 0.424. The number of rotatable bonds is 2. The number of pyridine rings is 1. The lowest BCUT2D eigenvalue weighted by Gasteiger charge is -2.01. The molecule has 0 aliphatic carbocycles. The van der Waals surface area contributed by atoms with E-state index in [4.69, 9.17) is 5.73 Å². The summed E-state index contributed by atoms with van der Waals surface area (Å²) in [6, 6.07) is 3.69. The summed E-state index contributed by atoms with van der Waals surface area (Å²) in [4.78, 5) is 6.24. The Labute approximate surface area is 97.2 Å². The van der Waals surface area contributed by atoms with E-state index >= 15 is 0 Å². The molecule has 0 amide bonds. The van der Waals surface area contributed by atoms with E-state index < -0.39 is 0 Å². The smallest absolute Gasteiger partial charge is 0.0931 e. The Balaban J connectivity index is 0.000000181. The van der Waals surface area contributed by atoms with E-state index in [9.17, 15) is 0 Å². The second-order valence-corrected chi connectivity index (χ2v) is 3.90. The van der Waals surface area contributed by atoms with Gasteiger partial charge in [-0.15, -0.1) is 0 Å². The van der Waals surface area contributed by atoms with Crippen LogP contribution in [0.2, 0.25) is 0 Å². The first kappa shape index (κ1) is 12.5. The molecular formula is C12H20N4. The summed E-state index contributed by atoms with van der Waals surface area (Å²) >= 11 is 0. The number of hydrogen-bond donors (Lipinski definition) is 2. The molecule has 0 saturated carbocycles. The fourth-order valence-electron chi connectivity index (χ4n) is 1.50. The van der Waals surface area contributed by atoms with Crippen molar-refractivity contribution in [3.05, 3.63) is 36.9 Å². The zero-order valence-corrected chi connectivity index (χ0v) is 9.82. The molecule has 2 heterocycles. The van der Waals surface area contributed by atoms with Crippen LogP contribution in [0.15, 0.2) is 36.9 Å². The molecule has 0 bridgehead atoms. The molecule has 1 aliphatic rings. The molecule has 0 radical (unpaired) electrons. The molecule has 0 unspecified atom stereocenters. The molecule has 88 valence electrons. The van der Waals surface area contributed by atoms with Gasteiger partial charge in [-0.25, -0.2) is 0 Å². The molecule has 3 N–H and O–H groups in total. The van der Waals surface area contributed by atoms with Gasteiger partial charge in [-0.1, -0.05) is 6.58 Å². The molecule has 4 nitrogen and oxygen atoms in total. The van der Waals surface area contributed by atoms with Gasteiger partial charge in [0.15, 0.2) is 0 Å². The summed E-state index contributed by atoms with van der Waals surface area (Å²) in [6.07, 6.45) is 6.20. The Morgan fingerprint density at radius 2 is 2.19 bits per heavy atom. The van der Waals surface area contributed by atoms with Crippen LogP contribution in [0, 0.1) is 0 Å². The molecule has 1 fully saturated rings. The van der Waals surface area contributed by atoms with Crippen molar-refractivity contribution in [1.82, 2.24) is 9.88 Å². The highest BCUT2D eigenvalue weighted by Crippen LogP contribution is 2.02. The van der Waals surface area contributed by atoms with Gasteiger partial charge in [0.05, 0.1) is 17.7 Å². The van der Waals surface area contributed by atoms with Crippen LogP contribution in [0.5, 0.6) is 0 Å². The van der Waals surface area contributed by atoms with Crippen molar-refractivity contribution in [2.75, 3.05) is 25.5 Å². The lowest BCUT2D eigenvalue weighted by Crippen LogP contribution is -2.10. The maximum Gasteiger partial charge on any atom is 0.0931 e. The van der Waals surface area contributed by atoms with E-state index in [1.807, 2.05) is 12.1 Å². The first-order valence-corrected chi connectivity index (χ1v) is 5.48. The third kappa shape index (κ3) is 5.36. The van der Waals surface area contributed by atoms with Crippen molar-refractivity contribution in [3.63, 3.8) is 0 Å². The van der Waals surface area contributed by atoms with Gasteiger partial charge in [-0.2, -0.15) is 0 Å². The molecule has 0 aromatic carbocycles. The fraction of sp³-hybridized carbons (Fsp3) is 0.417. The van der Waals surface area contributed by atoms with Gasteiger partial charge < -0.3 is 16.0 Å². The molecule has 0 atom stereocenters. The van der Waals surface area contributed by atoms with Gasteiger partial charge >= 0.3 is 0 Å². The van der Waals surface area contributed by atoms with Crippen molar-refractivity contribution < 1.29 is 0 Å². The quantitative estimate of drug-likeness (QED) is 0.795.